The zero-order valence-corrected chi connectivity index (χ0v) is 9.90. The van der Waals surface area contributed by atoms with Crippen LogP contribution in [-0.2, 0) is 0 Å². The molecular weight excluding hydrogens is 276 g/mol. The molecule has 1 aromatic carbocycles. The molecule has 0 atom stereocenters. The van der Waals surface area contributed by atoms with Gasteiger partial charge in [-0.05, 0) is 33.4 Å². The third kappa shape index (κ3) is 1.39. The van der Waals surface area contributed by atoms with Crippen molar-refractivity contribution in [3.05, 3.63) is 27.7 Å². The highest BCUT2D eigenvalue weighted by molar-refractivity contribution is 9.10. The minimum atomic E-state index is 0.748. The van der Waals surface area contributed by atoms with Crippen LogP contribution in [0.4, 0.5) is 0 Å². The average molecular weight is 280 g/mol. The van der Waals surface area contributed by atoms with E-state index >= 15 is 0 Å². The topological polar surface area (TPSA) is 0 Å². The Hall–Kier alpha value is 0.300. The fourth-order valence-electron chi connectivity index (χ4n) is 1.03. The fraction of sp³-hybridized carbons (Fsp3) is 0. The Morgan fingerprint density at radius 3 is 2.92 bits per heavy atom. The quantitative estimate of drug-likeness (QED) is 0.669. The summed E-state index contributed by atoms with van der Waals surface area (Å²) in [5.74, 6) is 0. The van der Waals surface area contributed by atoms with Crippen molar-refractivity contribution in [3.63, 3.8) is 0 Å². The number of fused-ring (bicyclic) bond motifs is 1. The summed E-state index contributed by atoms with van der Waals surface area (Å²) in [5, 5.41) is 1.93. The molecule has 0 amide bonds. The van der Waals surface area contributed by atoms with Gasteiger partial charge in [-0.3, -0.25) is 0 Å². The average Bonchev–Trinajstić information content (AvgIpc) is 2.39. The summed E-state index contributed by atoms with van der Waals surface area (Å²) in [6.07, 6.45) is 0. The molecule has 0 aliphatic carbocycles. The molecule has 4 heteroatoms. The molecule has 0 aliphatic heterocycles. The van der Waals surface area contributed by atoms with E-state index in [0.29, 0.717) is 0 Å². The largest absolute Gasteiger partial charge is 0.133 e. The number of halogens is 2. The van der Waals surface area contributed by atoms with Gasteiger partial charge in [-0.15, -0.1) is 24.0 Å². The smallest absolute Gasteiger partial charge is 0.0581 e. The van der Waals surface area contributed by atoms with Crippen LogP contribution in [0.25, 0.3) is 10.1 Å². The Labute approximate surface area is 93.1 Å². The maximum atomic E-state index is 5.93. The predicted octanol–water partition coefficient (Wildman–Crippen LogP) is 4.61. The summed E-state index contributed by atoms with van der Waals surface area (Å²) in [4.78, 5) is 0. The maximum absolute atomic E-state index is 5.93. The number of benzene rings is 1. The maximum Gasteiger partial charge on any atom is 0.0581 e. The van der Waals surface area contributed by atoms with Crippen LogP contribution in [0.3, 0.4) is 0 Å². The third-order valence-electron chi connectivity index (χ3n) is 1.57. The molecule has 0 radical (unpaired) electrons. The molecule has 0 saturated heterocycles. The van der Waals surface area contributed by atoms with Gasteiger partial charge in [-0.2, -0.15) is 0 Å². The van der Waals surface area contributed by atoms with E-state index in [0.717, 1.165) is 18.4 Å². The van der Waals surface area contributed by atoms with Crippen molar-refractivity contribution in [2.24, 2.45) is 0 Å². The second-order valence-electron chi connectivity index (χ2n) is 2.36. The van der Waals surface area contributed by atoms with E-state index in [4.69, 9.17) is 11.6 Å². The van der Waals surface area contributed by atoms with Gasteiger partial charge in [0.15, 0.2) is 0 Å². The highest BCUT2D eigenvalue weighted by atomic mass is 79.9. The van der Waals surface area contributed by atoms with Gasteiger partial charge in [-0.25, -0.2) is 0 Å². The zero-order chi connectivity index (χ0) is 8.72. The van der Waals surface area contributed by atoms with Gasteiger partial charge in [-0.1, -0.05) is 17.7 Å². The summed E-state index contributed by atoms with van der Waals surface area (Å²) in [6.45, 7) is 0. The Bertz CT molecular complexity index is 436. The van der Waals surface area contributed by atoms with E-state index in [1.807, 2.05) is 18.2 Å². The molecule has 0 fully saturated rings. The van der Waals surface area contributed by atoms with Crippen LogP contribution in [0.2, 0.25) is 5.02 Å². The standard InChI is InChI=1S/C8H4BrClS2/c9-7-5(10)2-1-4-3-6(11)12-8(4)7/h1-3,11H. The van der Waals surface area contributed by atoms with Crippen LogP contribution in [0.1, 0.15) is 0 Å². The number of thiophene rings is 1. The normalized spacial score (nSPS) is 10.9. The number of rotatable bonds is 0. The van der Waals surface area contributed by atoms with E-state index in [1.165, 1.54) is 5.39 Å². The molecule has 62 valence electrons. The van der Waals surface area contributed by atoms with Crippen molar-refractivity contribution in [1.29, 1.82) is 0 Å². The van der Waals surface area contributed by atoms with Crippen molar-refractivity contribution in [3.8, 4) is 0 Å². The first-order valence-electron chi connectivity index (χ1n) is 3.25. The molecule has 0 saturated carbocycles. The fourth-order valence-corrected chi connectivity index (χ4v) is 3.10. The van der Waals surface area contributed by atoms with Crippen LogP contribution in [0, 0.1) is 0 Å². The van der Waals surface area contributed by atoms with E-state index in [2.05, 4.69) is 28.6 Å². The Morgan fingerprint density at radius 2 is 2.17 bits per heavy atom. The molecule has 2 aromatic rings. The predicted molar refractivity (Wildman–Crippen MR) is 61.8 cm³/mol. The van der Waals surface area contributed by atoms with Crippen molar-refractivity contribution in [1.82, 2.24) is 0 Å². The monoisotopic (exact) mass is 278 g/mol. The molecular formula is C8H4BrClS2. The molecule has 12 heavy (non-hydrogen) atoms. The van der Waals surface area contributed by atoms with Gasteiger partial charge in [0.1, 0.15) is 0 Å². The minimum absolute atomic E-state index is 0.748. The second-order valence-corrected chi connectivity index (χ2v) is 5.40. The minimum Gasteiger partial charge on any atom is -0.133 e. The SMILES string of the molecule is Sc1cc2ccc(Cl)c(Br)c2s1. The first kappa shape index (κ1) is 8.88. The van der Waals surface area contributed by atoms with E-state index in [9.17, 15) is 0 Å². The van der Waals surface area contributed by atoms with Crippen LogP contribution in [0.5, 0.6) is 0 Å². The first-order valence-corrected chi connectivity index (χ1v) is 5.68. The number of thiol groups is 1. The molecule has 0 bridgehead atoms. The lowest BCUT2D eigenvalue weighted by molar-refractivity contribution is 1.75. The van der Waals surface area contributed by atoms with Gasteiger partial charge in [0.2, 0.25) is 0 Å². The number of hydrogen-bond acceptors (Lipinski definition) is 2. The van der Waals surface area contributed by atoms with Gasteiger partial charge in [0.05, 0.1) is 18.4 Å². The lowest BCUT2D eigenvalue weighted by Gasteiger charge is -1.95. The molecule has 0 spiro atoms. The Morgan fingerprint density at radius 1 is 1.42 bits per heavy atom. The van der Waals surface area contributed by atoms with Crippen LogP contribution < -0.4 is 0 Å². The second kappa shape index (κ2) is 3.22. The molecule has 1 aromatic heterocycles. The summed E-state index contributed by atoms with van der Waals surface area (Å²) in [6, 6.07) is 5.91. The molecule has 0 nitrogen and oxygen atoms in total. The zero-order valence-electron chi connectivity index (χ0n) is 5.84. The summed E-state index contributed by atoms with van der Waals surface area (Å²) < 4.78 is 3.13. The van der Waals surface area contributed by atoms with Crippen molar-refractivity contribution >= 4 is 61.6 Å². The highest BCUT2D eigenvalue weighted by Gasteiger charge is 2.05. The summed E-state index contributed by atoms with van der Waals surface area (Å²) >= 11 is 15.3. The summed E-state index contributed by atoms with van der Waals surface area (Å²) in [5.41, 5.74) is 0. The van der Waals surface area contributed by atoms with Gasteiger partial charge < -0.3 is 0 Å². The Kier molecular flexibility index (Phi) is 2.38. The molecule has 2 rings (SSSR count). The lowest BCUT2D eigenvalue weighted by Crippen LogP contribution is -1.67. The van der Waals surface area contributed by atoms with Crippen LogP contribution >= 0.6 is 51.5 Å². The van der Waals surface area contributed by atoms with Gasteiger partial charge in [0.25, 0.3) is 0 Å². The first-order chi connectivity index (χ1) is 5.68. The van der Waals surface area contributed by atoms with E-state index in [-0.39, 0.29) is 0 Å². The summed E-state index contributed by atoms with van der Waals surface area (Å²) in [7, 11) is 0. The van der Waals surface area contributed by atoms with Crippen molar-refractivity contribution in [2.45, 2.75) is 4.21 Å². The highest BCUT2D eigenvalue weighted by Crippen LogP contribution is 2.37. The van der Waals surface area contributed by atoms with Crippen molar-refractivity contribution in [2.75, 3.05) is 0 Å². The molecule has 0 N–H and O–H groups in total. The lowest BCUT2D eigenvalue weighted by atomic mass is 10.3. The van der Waals surface area contributed by atoms with Crippen LogP contribution in [-0.4, -0.2) is 0 Å². The molecule has 0 aliphatic rings. The Balaban J connectivity index is 2.89. The van der Waals surface area contributed by atoms with Crippen LogP contribution in [0.15, 0.2) is 26.9 Å². The van der Waals surface area contributed by atoms with E-state index < -0.39 is 0 Å². The molecule has 1 heterocycles. The third-order valence-corrected chi connectivity index (χ3v) is 4.57. The van der Waals surface area contributed by atoms with Gasteiger partial charge >= 0.3 is 0 Å². The van der Waals surface area contributed by atoms with Crippen molar-refractivity contribution < 1.29 is 0 Å². The number of hydrogen-bond donors (Lipinski definition) is 1. The molecule has 0 unspecified atom stereocenters. The van der Waals surface area contributed by atoms with Gasteiger partial charge in [0, 0.05) is 0 Å². The van der Waals surface area contributed by atoms with E-state index in [1.54, 1.807) is 11.3 Å².